The van der Waals surface area contributed by atoms with Crippen molar-refractivity contribution >= 4 is 23.5 Å². The first-order valence-electron chi connectivity index (χ1n) is 6.70. The molecule has 6 nitrogen and oxygen atoms in total. The van der Waals surface area contributed by atoms with Gasteiger partial charge in [0.15, 0.2) is 0 Å². The third-order valence-electron chi connectivity index (χ3n) is 2.73. The summed E-state index contributed by atoms with van der Waals surface area (Å²) in [6, 6.07) is 4.95. The zero-order valence-electron chi connectivity index (χ0n) is 12.6. The summed E-state index contributed by atoms with van der Waals surface area (Å²) in [5, 5.41) is 5.92. The molecule has 0 saturated carbocycles. The molecule has 2 aromatic rings. The third-order valence-corrected chi connectivity index (χ3v) is 2.73. The van der Waals surface area contributed by atoms with E-state index in [0.29, 0.717) is 30.1 Å². The molecule has 0 fully saturated rings. The molecule has 1 aromatic heterocycles. The zero-order valence-corrected chi connectivity index (χ0v) is 12.6. The number of nitrogens with one attached hydrogen (secondary N) is 2. The fraction of sp³-hybridized carbons (Fsp3) is 0.357. The molecular weight excluding hydrogens is 271 g/mol. The van der Waals surface area contributed by atoms with Crippen LogP contribution >= 0.6 is 0 Å². The van der Waals surface area contributed by atoms with E-state index < -0.39 is 0 Å². The Kier molecular flexibility index (Phi) is 4.52. The lowest BCUT2D eigenvalue weighted by atomic mass is 10.2. The van der Waals surface area contributed by atoms with Crippen LogP contribution in [0.1, 0.15) is 12.5 Å². The van der Waals surface area contributed by atoms with E-state index in [9.17, 15) is 4.39 Å². The smallest absolute Gasteiger partial charge is 0.233 e. The maximum absolute atomic E-state index is 13.9. The van der Waals surface area contributed by atoms with E-state index in [4.69, 9.17) is 0 Å². The predicted molar refractivity (Wildman–Crippen MR) is 82.7 cm³/mol. The Hall–Kier alpha value is -2.44. The molecule has 21 heavy (non-hydrogen) atoms. The number of nitrogens with zero attached hydrogens (tertiary/aromatic N) is 4. The fourth-order valence-electron chi connectivity index (χ4n) is 1.70. The van der Waals surface area contributed by atoms with Crippen LogP contribution in [0.2, 0.25) is 0 Å². The molecule has 0 aliphatic rings. The molecule has 7 heteroatoms. The van der Waals surface area contributed by atoms with Gasteiger partial charge in [-0.3, -0.25) is 0 Å². The van der Waals surface area contributed by atoms with Crippen molar-refractivity contribution < 1.29 is 4.39 Å². The summed E-state index contributed by atoms with van der Waals surface area (Å²) < 4.78 is 13.9. The first-order valence-corrected chi connectivity index (χ1v) is 6.70. The van der Waals surface area contributed by atoms with Crippen LogP contribution < -0.4 is 15.5 Å². The van der Waals surface area contributed by atoms with E-state index in [-0.39, 0.29) is 5.82 Å². The van der Waals surface area contributed by atoms with E-state index in [1.165, 1.54) is 6.07 Å². The molecule has 0 spiro atoms. The Morgan fingerprint density at radius 1 is 1.14 bits per heavy atom. The lowest BCUT2D eigenvalue weighted by Crippen LogP contribution is -2.16. The van der Waals surface area contributed by atoms with Crippen LogP contribution in [0.3, 0.4) is 0 Å². The Morgan fingerprint density at radius 3 is 2.48 bits per heavy atom. The quantitative estimate of drug-likeness (QED) is 0.882. The predicted octanol–water partition coefficient (Wildman–Crippen LogP) is 2.56. The van der Waals surface area contributed by atoms with Crippen molar-refractivity contribution in [3.05, 3.63) is 29.6 Å². The summed E-state index contributed by atoms with van der Waals surface area (Å²) in [5.74, 6) is 0.904. The lowest BCUT2D eigenvalue weighted by molar-refractivity contribution is 0.630. The van der Waals surface area contributed by atoms with Gasteiger partial charge in [-0.05, 0) is 31.5 Å². The number of benzene rings is 1. The average molecular weight is 290 g/mol. The first-order chi connectivity index (χ1) is 9.99. The monoisotopic (exact) mass is 290 g/mol. The van der Waals surface area contributed by atoms with Gasteiger partial charge in [0, 0.05) is 20.6 Å². The van der Waals surface area contributed by atoms with Gasteiger partial charge < -0.3 is 15.5 Å². The number of aromatic nitrogens is 3. The van der Waals surface area contributed by atoms with E-state index in [2.05, 4.69) is 25.6 Å². The number of halogens is 1. The molecule has 112 valence electrons. The van der Waals surface area contributed by atoms with Gasteiger partial charge in [-0.2, -0.15) is 15.0 Å². The Bertz CT molecular complexity index is 629. The van der Waals surface area contributed by atoms with Gasteiger partial charge in [-0.25, -0.2) is 4.39 Å². The van der Waals surface area contributed by atoms with E-state index in [1.807, 2.05) is 34.0 Å². The van der Waals surface area contributed by atoms with Gasteiger partial charge in [-0.1, -0.05) is 6.07 Å². The summed E-state index contributed by atoms with van der Waals surface area (Å²) in [5.41, 5.74) is 1.19. The van der Waals surface area contributed by atoms with Gasteiger partial charge in [-0.15, -0.1) is 0 Å². The van der Waals surface area contributed by atoms with Crippen molar-refractivity contribution in [2.24, 2.45) is 0 Å². The minimum Gasteiger partial charge on any atom is -0.354 e. The Labute approximate surface area is 123 Å². The Balaban J connectivity index is 2.33. The van der Waals surface area contributed by atoms with Crippen molar-refractivity contribution in [3.8, 4) is 0 Å². The van der Waals surface area contributed by atoms with Gasteiger partial charge in [0.2, 0.25) is 17.8 Å². The summed E-state index contributed by atoms with van der Waals surface area (Å²) in [6.45, 7) is 4.48. The number of hydrogen-bond acceptors (Lipinski definition) is 6. The second-order valence-electron chi connectivity index (χ2n) is 4.82. The molecule has 0 aliphatic carbocycles. The number of hydrogen-bond donors (Lipinski definition) is 2. The molecule has 0 radical (unpaired) electrons. The van der Waals surface area contributed by atoms with Gasteiger partial charge in [0.25, 0.3) is 0 Å². The van der Waals surface area contributed by atoms with Crippen LogP contribution in [0.4, 0.5) is 27.9 Å². The SMILES string of the molecule is CCNc1nc(Nc2ccc(C)cc2F)nc(N(C)C)n1. The highest BCUT2D eigenvalue weighted by Gasteiger charge is 2.10. The van der Waals surface area contributed by atoms with Crippen LogP contribution in [-0.4, -0.2) is 35.6 Å². The molecule has 0 atom stereocenters. The van der Waals surface area contributed by atoms with Gasteiger partial charge in [0.05, 0.1) is 5.69 Å². The van der Waals surface area contributed by atoms with Crippen molar-refractivity contribution in [1.29, 1.82) is 0 Å². The standard InChI is InChI=1S/C14H19FN6/c1-5-16-12-18-13(20-14(19-12)21(3)4)17-11-7-6-9(2)8-10(11)15/h6-8H,5H2,1-4H3,(H2,16,17,18,19,20). The van der Waals surface area contributed by atoms with Crippen molar-refractivity contribution in [2.75, 3.05) is 36.2 Å². The van der Waals surface area contributed by atoms with E-state index in [0.717, 1.165) is 5.56 Å². The summed E-state index contributed by atoms with van der Waals surface area (Å²) >= 11 is 0. The molecule has 0 aliphatic heterocycles. The average Bonchev–Trinajstić information content (AvgIpc) is 2.42. The minimum absolute atomic E-state index is 0.299. The van der Waals surface area contributed by atoms with Crippen LogP contribution in [-0.2, 0) is 0 Å². The number of rotatable bonds is 5. The third kappa shape index (κ3) is 3.77. The lowest BCUT2D eigenvalue weighted by Gasteiger charge is -2.14. The molecular formula is C14H19FN6. The van der Waals surface area contributed by atoms with Gasteiger partial charge >= 0.3 is 0 Å². The molecule has 2 rings (SSSR count). The second kappa shape index (κ2) is 6.34. The van der Waals surface area contributed by atoms with Crippen LogP contribution in [0.25, 0.3) is 0 Å². The van der Waals surface area contributed by atoms with Crippen LogP contribution in [0.5, 0.6) is 0 Å². The second-order valence-corrected chi connectivity index (χ2v) is 4.82. The minimum atomic E-state index is -0.341. The highest BCUT2D eigenvalue weighted by atomic mass is 19.1. The number of anilines is 4. The first kappa shape index (κ1) is 15.0. The van der Waals surface area contributed by atoms with E-state index >= 15 is 0 Å². The fourth-order valence-corrected chi connectivity index (χ4v) is 1.70. The molecule has 0 amide bonds. The molecule has 2 N–H and O–H groups in total. The van der Waals surface area contributed by atoms with Gasteiger partial charge in [0.1, 0.15) is 5.82 Å². The van der Waals surface area contributed by atoms with Crippen molar-refractivity contribution in [1.82, 2.24) is 15.0 Å². The highest BCUT2D eigenvalue weighted by Crippen LogP contribution is 2.20. The largest absolute Gasteiger partial charge is 0.354 e. The maximum Gasteiger partial charge on any atom is 0.233 e. The van der Waals surface area contributed by atoms with Crippen molar-refractivity contribution in [2.45, 2.75) is 13.8 Å². The topological polar surface area (TPSA) is 66.0 Å². The number of aryl methyl sites for hydroxylation is 1. The summed E-state index contributed by atoms with van der Waals surface area (Å²) in [6.07, 6.45) is 0. The van der Waals surface area contributed by atoms with Crippen LogP contribution in [0.15, 0.2) is 18.2 Å². The van der Waals surface area contributed by atoms with Crippen LogP contribution in [0, 0.1) is 12.7 Å². The maximum atomic E-state index is 13.9. The molecule has 1 heterocycles. The van der Waals surface area contributed by atoms with Crippen molar-refractivity contribution in [3.63, 3.8) is 0 Å². The summed E-state index contributed by atoms with van der Waals surface area (Å²) in [7, 11) is 3.67. The zero-order chi connectivity index (χ0) is 15.4. The molecule has 0 bridgehead atoms. The van der Waals surface area contributed by atoms with E-state index in [1.54, 1.807) is 11.0 Å². The molecule has 1 aromatic carbocycles. The highest BCUT2D eigenvalue weighted by molar-refractivity contribution is 5.57. The molecule has 0 unspecified atom stereocenters. The molecule has 0 saturated heterocycles. The normalized spacial score (nSPS) is 10.3. The Morgan fingerprint density at radius 2 is 1.86 bits per heavy atom. The summed E-state index contributed by atoms with van der Waals surface area (Å²) in [4.78, 5) is 14.5.